The molecule has 1 amide bonds. The summed E-state index contributed by atoms with van der Waals surface area (Å²) in [5.41, 5.74) is 0.219. The third-order valence-corrected chi connectivity index (χ3v) is 3.90. The van der Waals surface area contributed by atoms with Crippen LogP contribution in [-0.2, 0) is 22.5 Å². The van der Waals surface area contributed by atoms with Gasteiger partial charge in [0.1, 0.15) is 11.6 Å². The molecule has 2 aromatic heterocycles. The minimum Gasteiger partial charge on any atom is -0.479 e. The van der Waals surface area contributed by atoms with E-state index in [-0.39, 0.29) is 24.6 Å². The molecule has 1 aliphatic rings. The van der Waals surface area contributed by atoms with Crippen molar-refractivity contribution in [3.05, 3.63) is 23.6 Å². The van der Waals surface area contributed by atoms with E-state index in [1.165, 1.54) is 7.11 Å². The number of carbonyl (C=O) groups is 2. The van der Waals surface area contributed by atoms with E-state index in [0.29, 0.717) is 37.0 Å². The lowest BCUT2D eigenvalue weighted by Gasteiger charge is -2.27. The molecule has 3 rings (SSSR count). The van der Waals surface area contributed by atoms with Crippen LogP contribution in [0.2, 0.25) is 0 Å². The van der Waals surface area contributed by atoms with Gasteiger partial charge in [0.2, 0.25) is 5.91 Å². The van der Waals surface area contributed by atoms with Crippen molar-refractivity contribution < 1.29 is 23.6 Å². The maximum absolute atomic E-state index is 12.6. The quantitative estimate of drug-likeness (QED) is 0.728. The van der Waals surface area contributed by atoms with Crippen molar-refractivity contribution in [3.8, 4) is 5.88 Å². The third-order valence-electron chi connectivity index (χ3n) is 3.90. The summed E-state index contributed by atoms with van der Waals surface area (Å²) in [4.78, 5) is 26.1. The standard InChI is InChI=1S/C16H20N4O5/c1-3-24-16(22)12-10-14-19(7-4-8-20(14)17-12)15(21)6-5-11-9-13(23-2)18-25-11/h9-10H,3-8H2,1-2H3. The Balaban J connectivity index is 1.69. The highest BCUT2D eigenvalue weighted by molar-refractivity contribution is 5.95. The van der Waals surface area contributed by atoms with E-state index in [4.69, 9.17) is 14.0 Å². The lowest BCUT2D eigenvalue weighted by atomic mass is 10.2. The summed E-state index contributed by atoms with van der Waals surface area (Å²) in [6, 6.07) is 3.26. The number of nitrogens with zero attached hydrogens (tertiary/aromatic N) is 4. The smallest absolute Gasteiger partial charge is 0.358 e. The number of amides is 1. The summed E-state index contributed by atoms with van der Waals surface area (Å²) in [5, 5.41) is 7.95. The van der Waals surface area contributed by atoms with Gasteiger partial charge in [0.25, 0.3) is 5.88 Å². The van der Waals surface area contributed by atoms with Crippen molar-refractivity contribution in [1.82, 2.24) is 14.9 Å². The van der Waals surface area contributed by atoms with E-state index >= 15 is 0 Å². The molecule has 134 valence electrons. The van der Waals surface area contributed by atoms with Crippen LogP contribution < -0.4 is 9.64 Å². The van der Waals surface area contributed by atoms with Crippen molar-refractivity contribution >= 4 is 17.7 Å². The van der Waals surface area contributed by atoms with Gasteiger partial charge in [-0.15, -0.1) is 0 Å². The normalized spacial score (nSPS) is 13.4. The number of ether oxygens (including phenoxy) is 2. The predicted octanol–water partition coefficient (Wildman–Crippen LogP) is 1.43. The fourth-order valence-electron chi connectivity index (χ4n) is 2.71. The summed E-state index contributed by atoms with van der Waals surface area (Å²) in [6.07, 6.45) is 1.46. The Hall–Kier alpha value is -2.84. The molecule has 0 N–H and O–H groups in total. The lowest BCUT2D eigenvalue weighted by molar-refractivity contribution is -0.118. The number of hydrogen-bond acceptors (Lipinski definition) is 7. The fourth-order valence-corrected chi connectivity index (χ4v) is 2.71. The maximum Gasteiger partial charge on any atom is 0.358 e. The summed E-state index contributed by atoms with van der Waals surface area (Å²) < 4.78 is 16.7. The highest BCUT2D eigenvalue weighted by atomic mass is 16.5. The van der Waals surface area contributed by atoms with Crippen LogP contribution in [0.1, 0.15) is 36.0 Å². The van der Waals surface area contributed by atoms with Crippen LogP contribution in [0, 0.1) is 0 Å². The number of methoxy groups -OCH3 is 1. The van der Waals surface area contributed by atoms with Gasteiger partial charge in [-0.05, 0) is 18.5 Å². The lowest BCUT2D eigenvalue weighted by Crippen LogP contribution is -2.37. The number of aryl methyl sites for hydroxylation is 2. The van der Waals surface area contributed by atoms with E-state index in [1.54, 1.807) is 28.6 Å². The molecule has 0 fully saturated rings. The van der Waals surface area contributed by atoms with Crippen molar-refractivity contribution in [1.29, 1.82) is 0 Å². The molecule has 0 aromatic carbocycles. The minimum atomic E-state index is -0.481. The van der Waals surface area contributed by atoms with Crippen molar-refractivity contribution in [2.45, 2.75) is 32.7 Å². The van der Waals surface area contributed by atoms with Crippen LogP contribution in [-0.4, -0.2) is 47.1 Å². The number of rotatable bonds is 6. The van der Waals surface area contributed by atoms with E-state index in [0.717, 1.165) is 6.42 Å². The average Bonchev–Trinajstić information content (AvgIpc) is 3.26. The van der Waals surface area contributed by atoms with Gasteiger partial charge < -0.3 is 14.0 Å². The van der Waals surface area contributed by atoms with Crippen LogP contribution in [0.5, 0.6) is 5.88 Å². The molecular weight excluding hydrogens is 328 g/mol. The molecule has 0 atom stereocenters. The molecule has 0 radical (unpaired) electrons. The Morgan fingerprint density at radius 1 is 1.32 bits per heavy atom. The summed E-state index contributed by atoms with van der Waals surface area (Å²) >= 11 is 0. The number of hydrogen-bond donors (Lipinski definition) is 0. The maximum atomic E-state index is 12.6. The Morgan fingerprint density at radius 2 is 2.16 bits per heavy atom. The first-order valence-corrected chi connectivity index (χ1v) is 8.17. The molecular formula is C16H20N4O5. The van der Waals surface area contributed by atoms with E-state index in [9.17, 15) is 9.59 Å². The van der Waals surface area contributed by atoms with Crippen LogP contribution in [0.25, 0.3) is 0 Å². The largest absolute Gasteiger partial charge is 0.479 e. The van der Waals surface area contributed by atoms with Gasteiger partial charge in [0.05, 0.1) is 13.7 Å². The summed E-state index contributed by atoms with van der Waals surface area (Å²) in [5.74, 6) is 1.05. The zero-order valence-corrected chi connectivity index (χ0v) is 14.2. The van der Waals surface area contributed by atoms with Gasteiger partial charge in [-0.2, -0.15) is 5.10 Å². The van der Waals surface area contributed by atoms with Gasteiger partial charge in [-0.1, -0.05) is 0 Å². The Bertz CT molecular complexity index is 766. The summed E-state index contributed by atoms with van der Waals surface area (Å²) in [7, 11) is 1.50. The van der Waals surface area contributed by atoms with E-state index < -0.39 is 5.97 Å². The molecule has 0 saturated carbocycles. The van der Waals surface area contributed by atoms with Gasteiger partial charge in [0.15, 0.2) is 5.69 Å². The van der Waals surface area contributed by atoms with E-state index in [1.807, 2.05) is 0 Å². The van der Waals surface area contributed by atoms with Gasteiger partial charge in [0, 0.05) is 38.1 Å². The molecule has 3 heterocycles. The van der Waals surface area contributed by atoms with Gasteiger partial charge in [-0.25, -0.2) is 9.48 Å². The first-order valence-electron chi connectivity index (χ1n) is 8.17. The second kappa shape index (κ2) is 7.37. The third kappa shape index (κ3) is 3.65. The monoisotopic (exact) mass is 348 g/mol. The molecule has 0 saturated heterocycles. The number of carbonyl (C=O) groups excluding carboxylic acids is 2. The van der Waals surface area contributed by atoms with Crippen LogP contribution in [0.4, 0.5) is 5.82 Å². The molecule has 0 bridgehead atoms. The fraction of sp³-hybridized carbons (Fsp3) is 0.500. The zero-order chi connectivity index (χ0) is 17.8. The SMILES string of the molecule is CCOC(=O)c1cc2n(n1)CCCN2C(=O)CCc1cc(OC)no1. The molecule has 9 nitrogen and oxygen atoms in total. The van der Waals surface area contributed by atoms with Gasteiger partial charge >= 0.3 is 5.97 Å². The number of esters is 1. The second-order valence-corrected chi connectivity index (χ2v) is 5.57. The summed E-state index contributed by atoms with van der Waals surface area (Å²) in [6.45, 7) is 3.27. The molecule has 9 heteroatoms. The van der Waals surface area contributed by atoms with E-state index in [2.05, 4.69) is 10.3 Å². The Morgan fingerprint density at radius 3 is 2.88 bits per heavy atom. The Labute approximate surface area is 144 Å². The number of aromatic nitrogens is 3. The topological polar surface area (TPSA) is 99.7 Å². The molecule has 2 aromatic rings. The van der Waals surface area contributed by atoms with Crippen LogP contribution in [0.3, 0.4) is 0 Å². The highest BCUT2D eigenvalue weighted by Gasteiger charge is 2.26. The number of anilines is 1. The molecule has 1 aliphatic heterocycles. The molecule has 25 heavy (non-hydrogen) atoms. The van der Waals surface area contributed by atoms with Crippen molar-refractivity contribution in [3.63, 3.8) is 0 Å². The molecule has 0 aliphatic carbocycles. The van der Waals surface area contributed by atoms with Crippen molar-refractivity contribution in [2.24, 2.45) is 0 Å². The first-order chi connectivity index (χ1) is 12.1. The highest BCUT2D eigenvalue weighted by Crippen LogP contribution is 2.23. The van der Waals surface area contributed by atoms with Crippen LogP contribution >= 0.6 is 0 Å². The van der Waals surface area contributed by atoms with Crippen LogP contribution in [0.15, 0.2) is 16.7 Å². The average molecular weight is 348 g/mol. The predicted molar refractivity (Wildman–Crippen MR) is 86.5 cm³/mol. The Kier molecular flexibility index (Phi) is 5.01. The van der Waals surface area contributed by atoms with Crippen molar-refractivity contribution in [2.75, 3.05) is 25.2 Å². The second-order valence-electron chi connectivity index (χ2n) is 5.57. The minimum absolute atomic E-state index is 0.0633. The number of fused-ring (bicyclic) bond motifs is 1. The first kappa shape index (κ1) is 17.0. The van der Waals surface area contributed by atoms with Gasteiger partial charge in [-0.3, -0.25) is 9.69 Å². The molecule has 0 spiro atoms. The molecule has 0 unspecified atom stereocenters. The zero-order valence-electron chi connectivity index (χ0n) is 14.2.